The van der Waals surface area contributed by atoms with Crippen molar-refractivity contribution in [1.29, 1.82) is 0 Å². The molecule has 0 aromatic heterocycles. The molecule has 0 atom stereocenters. The number of nitrogens with one attached hydrogen (secondary N) is 2. The topological polar surface area (TPSA) is 75.3 Å². The van der Waals surface area contributed by atoms with Gasteiger partial charge in [0.05, 0.1) is 4.90 Å². The number of hydrogen-bond donors (Lipinski definition) is 2. The van der Waals surface area contributed by atoms with E-state index in [0.717, 1.165) is 22.9 Å². The highest BCUT2D eigenvalue weighted by atomic mass is 79.9. The van der Waals surface area contributed by atoms with Crippen molar-refractivity contribution in [2.45, 2.75) is 37.2 Å². The van der Waals surface area contributed by atoms with Crippen LogP contribution in [-0.4, -0.2) is 20.4 Å². The minimum atomic E-state index is -3.60. The standard InChI is InChI=1S/C18H18BrClN2O3S/c1-11-2-7-15(26(24,25)22-14-5-6-14)9-16(11)18(23)21-10-12-3-4-13(19)8-17(12)20/h2-4,7-9,14,22H,5-6,10H2,1H3,(H,21,23). The largest absolute Gasteiger partial charge is 0.348 e. The summed E-state index contributed by atoms with van der Waals surface area (Å²) in [6, 6.07) is 10.0. The Kier molecular flexibility index (Phi) is 5.72. The van der Waals surface area contributed by atoms with Gasteiger partial charge in [-0.25, -0.2) is 13.1 Å². The van der Waals surface area contributed by atoms with E-state index in [1.165, 1.54) is 12.1 Å². The Bertz CT molecular complexity index is 959. The van der Waals surface area contributed by atoms with E-state index < -0.39 is 10.0 Å². The quantitative estimate of drug-likeness (QED) is 0.693. The average molecular weight is 458 g/mol. The molecule has 5 nitrogen and oxygen atoms in total. The number of rotatable bonds is 6. The summed E-state index contributed by atoms with van der Waals surface area (Å²) in [5.41, 5.74) is 1.81. The van der Waals surface area contributed by atoms with Crippen LogP contribution in [0.25, 0.3) is 0 Å². The molecule has 8 heteroatoms. The fourth-order valence-electron chi connectivity index (χ4n) is 2.44. The zero-order chi connectivity index (χ0) is 18.9. The van der Waals surface area contributed by atoms with Crippen molar-refractivity contribution in [2.24, 2.45) is 0 Å². The number of benzene rings is 2. The van der Waals surface area contributed by atoms with Crippen molar-refractivity contribution < 1.29 is 13.2 Å². The Morgan fingerprint density at radius 1 is 1.23 bits per heavy atom. The van der Waals surface area contributed by atoms with Gasteiger partial charge >= 0.3 is 0 Å². The first kappa shape index (κ1) is 19.4. The molecule has 1 aliphatic rings. The van der Waals surface area contributed by atoms with Gasteiger partial charge in [-0.15, -0.1) is 0 Å². The van der Waals surface area contributed by atoms with E-state index >= 15 is 0 Å². The van der Waals surface area contributed by atoms with Crippen molar-refractivity contribution >= 4 is 43.5 Å². The van der Waals surface area contributed by atoms with Gasteiger partial charge in [0.15, 0.2) is 0 Å². The van der Waals surface area contributed by atoms with Gasteiger partial charge in [-0.1, -0.05) is 39.7 Å². The summed E-state index contributed by atoms with van der Waals surface area (Å²) in [7, 11) is -3.60. The number of carbonyl (C=O) groups is 1. The van der Waals surface area contributed by atoms with Crippen LogP contribution in [0.2, 0.25) is 5.02 Å². The first-order valence-electron chi connectivity index (χ1n) is 8.11. The van der Waals surface area contributed by atoms with E-state index in [0.29, 0.717) is 16.1 Å². The van der Waals surface area contributed by atoms with Crippen LogP contribution in [-0.2, 0) is 16.6 Å². The van der Waals surface area contributed by atoms with Crippen LogP contribution >= 0.6 is 27.5 Å². The van der Waals surface area contributed by atoms with Crippen LogP contribution in [0.3, 0.4) is 0 Å². The molecule has 0 unspecified atom stereocenters. The fraction of sp³-hybridized carbons (Fsp3) is 0.278. The molecule has 3 rings (SSSR count). The van der Waals surface area contributed by atoms with E-state index in [1.54, 1.807) is 19.1 Å². The summed E-state index contributed by atoms with van der Waals surface area (Å²) in [6.07, 6.45) is 1.71. The average Bonchev–Trinajstić information content (AvgIpc) is 3.37. The number of halogens is 2. The van der Waals surface area contributed by atoms with Gasteiger partial charge in [-0.05, 0) is 55.2 Å². The summed E-state index contributed by atoms with van der Waals surface area (Å²) in [6.45, 7) is 2.02. The number of amides is 1. The molecule has 1 fully saturated rings. The van der Waals surface area contributed by atoms with Gasteiger partial charge in [0, 0.05) is 27.6 Å². The third-order valence-corrected chi connectivity index (χ3v) is 6.48. The highest BCUT2D eigenvalue weighted by Crippen LogP contribution is 2.24. The first-order valence-corrected chi connectivity index (χ1v) is 10.8. The normalized spacial score (nSPS) is 14.3. The second-order valence-corrected chi connectivity index (χ2v) is 9.33. The third kappa shape index (κ3) is 4.65. The third-order valence-electron chi connectivity index (χ3n) is 4.12. The molecule has 1 saturated carbocycles. The molecule has 0 spiro atoms. The Balaban J connectivity index is 1.77. The van der Waals surface area contributed by atoms with E-state index in [2.05, 4.69) is 26.0 Å². The SMILES string of the molecule is Cc1ccc(S(=O)(=O)NC2CC2)cc1C(=O)NCc1ccc(Br)cc1Cl. The second-order valence-electron chi connectivity index (χ2n) is 6.29. The van der Waals surface area contributed by atoms with E-state index in [4.69, 9.17) is 11.6 Å². The van der Waals surface area contributed by atoms with Crippen molar-refractivity contribution in [1.82, 2.24) is 10.0 Å². The predicted octanol–water partition coefficient (Wildman–Crippen LogP) is 3.78. The molecule has 2 aromatic carbocycles. The number of sulfonamides is 1. The van der Waals surface area contributed by atoms with Gasteiger partial charge in [-0.3, -0.25) is 4.79 Å². The summed E-state index contributed by atoms with van der Waals surface area (Å²) in [5, 5.41) is 3.34. The molecule has 2 aromatic rings. The Morgan fingerprint density at radius 3 is 2.62 bits per heavy atom. The molecule has 0 saturated heterocycles. The van der Waals surface area contributed by atoms with Gasteiger partial charge in [-0.2, -0.15) is 0 Å². The van der Waals surface area contributed by atoms with Crippen molar-refractivity contribution in [3.05, 3.63) is 62.6 Å². The summed E-state index contributed by atoms with van der Waals surface area (Å²) in [5.74, 6) is -0.343. The minimum Gasteiger partial charge on any atom is -0.348 e. The predicted molar refractivity (Wildman–Crippen MR) is 105 cm³/mol. The zero-order valence-electron chi connectivity index (χ0n) is 14.1. The maximum absolute atomic E-state index is 12.6. The lowest BCUT2D eigenvalue weighted by Crippen LogP contribution is -2.27. The van der Waals surface area contributed by atoms with Crippen LogP contribution < -0.4 is 10.0 Å². The first-order chi connectivity index (χ1) is 12.3. The summed E-state index contributed by atoms with van der Waals surface area (Å²) >= 11 is 9.50. The number of aryl methyl sites for hydroxylation is 1. The molecule has 26 heavy (non-hydrogen) atoms. The molecular weight excluding hydrogens is 440 g/mol. The lowest BCUT2D eigenvalue weighted by atomic mass is 10.1. The second kappa shape index (κ2) is 7.68. The fourth-order valence-corrected chi connectivity index (χ4v) is 4.51. The molecule has 0 radical (unpaired) electrons. The number of hydrogen-bond acceptors (Lipinski definition) is 3. The Labute approximate surface area is 166 Å². The highest BCUT2D eigenvalue weighted by molar-refractivity contribution is 9.10. The van der Waals surface area contributed by atoms with E-state index in [1.807, 2.05) is 12.1 Å². The van der Waals surface area contributed by atoms with Gasteiger partial charge in [0.2, 0.25) is 10.0 Å². The number of carbonyl (C=O) groups excluding carboxylic acids is 1. The molecular formula is C18H18BrClN2O3S. The lowest BCUT2D eigenvalue weighted by molar-refractivity contribution is 0.0950. The summed E-state index contributed by atoms with van der Waals surface area (Å²) in [4.78, 5) is 12.7. The van der Waals surface area contributed by atoms with Crippen molar-refractivity contribution in [2.75, 3.05) is 0 Å². The van der Waals surface area contributed by atoms with Crippen LogP contribution in [0, 0.1) is 6.92 Å². The molecule has 0 aliphatic heterocycles. The Morgan fingerprint density at radius 2 is 1.96 bits per heavy atom. The maximum atomic E-state index is 12.6. The van der Waals surface area contributed by atoms with Gasteiger partial charge in [0.1, 0.15) is 0 Å². The van der Waals surface area contributed by atoms with Crippen LogP contribution in [0.15, 0.2) is 45.8 Å². The van der Waals surface area contributed by atoms with Gasteiger partial charge in [0.25, 0.3) is 5.91 Å². The van der Waals surface area contributed by atoms with Crippen molar-refractivity contribution in [3.63, 3.8) is 0 Å². The molecule has 138 valence electrons. The smallest absolute Gasteiger partial charge is 0.251 e. The zero-order valence-corrected chi connectivity index (χ0v) is 17.2. The maximum Gasteiger partial charge on any atom is 0.251 e. The Hall–Kier alpha value is -1.41. The van der Waals surface area contributed by atoms with Crippen molar-refractivity contribution in [3.8, 4) is 0 Å². The highest BCUT2D eigenvalue weighted by Gasteiger charge is 2.28. The molecule has 1 aliphatic carbocycles. The molecule has 0 heterocycles. The molecule has 0 bridgehead atoms. The monoisotopic (exact) mass is 456 g/mol. The molecule has 2 N–H and O–H groups in total. The summed E-state index contributed by atoms with van der Waals surface area (Å²) < 4.78 is 28.2. The van der Waals surface area contributed by atoms with E-state index in [9.17, 15) is 13.2 Å². The van der Waals surface area contributed by atoms with E-state index in [-0.39, 0.29) is 23.4 Å². The minimum absolute atomic E-state index is 0.0122. The van der Waals surface area contributed by atoms with Crippen LogP contribution in [0.5, 0.6) is 0 Å². The molecule has 1 amide bonds. The lowest BCUT2D eigenvalue weighted by Gasteiger charge is -2.12. The van der Waals surface area contributed by atoms with Crippen LogP contribution in [0.1, 0.15) is 34.3 Å². The van der Waals surface area contributed by atoms with Crippen LogP contribution in [0.4, 0.5) is 0 Å². The van der Waals surface area contributed by atoms with Gasteiger partial charge < -0.3 is 5.32 Å².